The lowest BCUT2D eigenvalue weighted by Gasteiger charge is -1.97. The fourth-order valence-electron chi connectivity index (χ4n) is 1.92. The number of hydrogen-bond donors (Lipinski definition) is 1. The van der Waals surface area contributed by atoms with Crippen molar-refractivity contribution < 1.29 is 14.0 Å². The summed E-state index contributed by atoms with van der Waals surface area (Å²) in [6.07, 6.45) is 1.25. The minimum Gasteiger partial charge on any atom is -0.321 e. The van der Waals surface area contributed by atoms with Crippen LogP contribution < -0.4 is 5.32 Å². The molecule has 1 aromatic carbocycles. The van der Waals surface area contributed by atoms with Crippen LogP contribution in [0.2, 0.25) is 0 Å². The van der Waals surface area contributed by atoms with E-state index in [-0.39, 0.29) is 17.3 Å². The normalized spacial score (nSPS) is 15.4. The first-order valence-corrected chi connectivity index (χ1v) is 6.49. The Morgan fingerprint density at radius 2 is 2.16 bits per heavy atom. The monoisotopic (exact) mass is 273 g/mol. The van der Waals surface area contributed by atoms with E-state index in [4.69, 9.17) is 0 Å². The lowest BCUT2D eigenvalue weighted by Crippen LogP contribution is -2.05. The second-order valence-electron chi connectivity index (χ2n) is 4.08. The van der Waals surface area contributed by atoms with Gasteiger partial charge in [0.15, 0.2) is 5.78 Å². The van der Waals surface area contributed by atoms with Gasteiger partial charge in [-0.2, -0.15) is 11.3 Å². The molecule has 0 atom stereocenters. The van der Waals surface area contributed by atoms with Crippen LogP contribution in [0.5, 0.6) is 0 Å². The van der Waals surface area contributed by atoms with Gasteiger partial charge >= 0.3 is 0 Å². The van der Waals surface area contributed by atoms with Crippen molar-refractivity contribution in [2.75, 3.05) is 5.32 Å². The number of fused-ring (bicyclic) bond motifs is 1. The van der Waals surface area contributed by atoms with Gasteiger partial charge in [0, 0.05) is 22.2 Å². The third-order valence-corrected chi connectivity index (χ3v) is 3.53. The van der Waals surface area contributed by atoms with E-state index in [1.807, 2.05) is 0 Å². The molecule has 0 aliphatic carbocycles. The summed E-state index contributed by atoms with van der Waals surface area (Å²) >= 11 is 1.40. The van der Waals surface area contributed by atoms with E-state index >= 15 is 0 Å². The Kier molecular flexibility index (Phi) is 2.76. The molecule has 1 aromatic heterocycles. The first-order chi connectivity index (χ1) is 9.15. The van der Waals surface area contributed by atoms with Gasteiger partial charge in [0.25, 0.3) is 5.91 Å². The van der Waals surface area contributed by atoms with Crippen molar-refractivity contribution in [3.8, 4) is 0 Å². The van der Waals surface area contributed by atoms with Crippen LogP contribution in [0.25, 0.3) is 5.57 Å². The van der Waals surface area contributed by atoms with E-state index in [1.54, 1.807) is 16.8 Å². The summed E-state index contributed by atoms with van der Waals surface area (Å²) in [7, 11) is 0. The molecular weight excluding hydrogens is 265 g/mol. The number of allylic oxidation sites excluding steroid dienone is 1. The molecule has 1 aliphatic rings. The summed E-state index contributed by atoms with van der Waals surface area (Å²) in [5.41, 5.74) is 1.67. The highest BCUT2D eigenvalue weighted by molar-refractivity contribution is 7.08. The molecule has 94 valence electrons. The highest BCUT2D eigenvalue weighted by Crippen LogP contribution is 2.32. The summed E-state index contributed by atoms with van der Waals surface area (Å²) < 4.78 is 13.2. The molecule has 0 unspecified atom stereocenters. The van der Waals surface area contributed by atoms with Gasteiger partial charge in [-0.15, -0.1) is 0 Å². The SMILES string of the molecule is O=C1Nc2ccc(F)cc2/C1=C/C(=O)c1ccsc1. The minimum absolute atomic E-state index is 0.200. The van der Waals surface area contributed by atoms with Crippen LogP contribution in [-0.4, -0.2) is 11.7 Å². The predicted octanol–water partition coefficient (Wildman–Crippen LogP) is 3.11. The van der Waals surface area contributed by atoms with Gasteiger partial charge < -0.3 is 5.32 Å². The molecular formula is C14H8FNO2S. The van der Waals surface area contributed by atoms with Crippen molar-refractivity contribution in [3.63, 3.8) is 0 Å². The van der Waals surface area contributed by atoms with E-state index in [2.05, 4.69) is 5.32 Å². The first-order valence-electron chi connectivity index (χ1n) is 5.54. The average Bonchev–Trinajstić information content (AvgIpc) is 2.99. The van der Waals surface area contributed by atoms with Crippen LogP contribution in [0.1, 0.15) is 15.9 Å². The first kappa shape index (κ1) is 11.8. The Hall–Kier alpha value is -2.27. The van der Waals surface area contributed by atoms with Crippen molar-refractivity contribution in [2.45, 2.75) is 0 Å². The number of hydrogen-bond acceptors (Lipinski definition) is 3. The van der Waals surface area contributed by atoms with Gasteiger partial charge in [0.05, 0.1) is 5.57 Å². The number of carbonyl (C=O) groups excluding carboxylic acids is 2. The molecule has 3 rings (SSSR count). The summed E-state index contributed by atoms with van der Waals surface area (Å²) in [6.45, 7) is 0. The van der Waals surface area contributed by atoms with Gasteiger partial charge in [-0.3, -0.25) is 9.59 Å². The summed E-state index contributed by atoms with van der Waals surface area (Å²) in [6, 6.07) is 5.69. The molecule has 0 radical (unpaired) electrons. The average molecular weight is 273 g/mol. The molecule has 1 amide bonds. The maximum Gasteiger partial charge on any atom is 0.256 e. The number of ketones is 1. The Labute approximate surface area is 112 Å². The smallest absolute Gasteiger partial charge is 0.256 e. The van der Waals surface area contributed by atoms with Crippen LogP contribution in [0, 0.1) is 5.82 Å². The molecule has 2 heterocycles. The maximum atomic E-state index is 13.2. The molecule has 0 spiro atoms. The number of benzene rings is 1. The zero-order valence-electron chi connectivity index (χ0n) is 9.64. The number of anilines is 1. The van der Waals surface area contributed by atoms with Crippen molar-refractivity contribution in [2.24, 2.45) is 0 Å². The molecule has 1 aliphatic heterocycles. The zero-order chi connectivity index (χ0) is 13.4. The molecule has 1 N–H and O–H groups in total. The fourth-order valence-corrected chi connectivity index (χ4v) is 2.57. The predicted molar refractivity (Wildman–Crippen MR) is 71.7 cm³/mol. The van der Waals surface area contributed by atoms with Gasteiger partial charge in [-0.1, -0.05) is 0 Å². The third kappa shape index (κ3) is 2.08. The number of halogens is 1. The molecule has 0 fully saturated rings. The third-order valence-electron chi connectivity index (χ3n) is 2.85. The summed E-state index contributed by atoms with van der Waals surface area (Å²) in [4.78, 5) is 23.8. The van der Waals surface area contributed by atoms with E-state index in [0.29, 0.717) is 16.8 Å². The van der Waals surface area contributed by atoms with Crippen LogP contribution >= 0.6 is 11.3 Å². The molecule has 0 saturated carbocycles. The second kappa shape index (κ2) is 4.44. The largest absolute Gasteiger partial charge is 0.321 e. The molecule has 0 saturated heterocycles. The number of carbonyl (C=O) groups is 2. The Morgan fingerprint density at radius 1 is 1.32 bits per heavy atom. The Bertz CT molecular complexity index is 704. The van der Waals surface area contributed by atoms with Gasteiger partial charge in [-0.05, 0) is 35.7 Å². The van der Waals surface area contributed by atoms with Crippen LogP contribution in [0.4, 0.5) is 10.1 Å². The minimum atomic E-state index is -0.441. The maximum absolute atomic E-state index is 13.2. The quantitative estimate of drug-likeness (QED) is 0.675. The van der Waals surface area contributed by atoms with Crippen LogP contribution in [-0.2, 0) is 4.79 Å². The summed E-state index contributed by atoms with van der Waals surface area (Å²) in [5.74, 6) is -1.09. The number of rotatable bonds is 2. The topological polar surface area (TPSA) is 46.2 Å². The van der Waals surface area contributed by atoms with Gasteiger partial charge in [-0.25, -0.2) is 4.39 Å². The fraction of sp³-hybridized carbons (Fsp3) is 0. The summed E-state index contributed by atoms with van der Waals surface area (Å²) in [5, 5.41) is 6.09. The lowest BCUT2D eigenvalue weighted by atomic mass is 10.0. The van der Waals surface area contributed by atoms with E-state index in [0.717, 1.165) is 0 Å². The van der Waals surface area contributed by atoms with Gasteiger partial charge in [0.2, 0.25) is 0 Å². The van der Waals surface area contributed by atoms with Crippen LogP contribution in [0.15, 0.2) is 41.1 Å². The van der Waals surface area contributed by atoms with Crippen molar-refractivity contribution >= 4 is 34.3 Å². The Balaban J connectivity index is 2.04. The van der Waals surface area contributed by atoms with E-state index in [9.17, 15) is 14.0 Å². The van der Waals surface area contributed by atoms with E-state index in [1.165, 1.54) is 35.6 Å². The zero-order valence-corrected chi connectivity index (χ0v) is 10.5. The van der Waals surface area contributed by atoms with E-state index < -0.39 is 5.82 Å². The van der Waals surface area contributed by atoms with Crippen LogP contribution in [0.3, 0.4) is 0 Å². The molecule has 0 bridgehead atoms. The number of thiophene rings is 1. The van der Waals surface area contributed by atoms with Crippen molar-refractivity contribution in [1.29, 1.82) is 0 Å². The second-order valence-corrected chi connectivity index (χ2v) is 4.86. The molecule has 19 heavy (non-hydrogen) atoms. The van der Waals surface area contributed by atoms with Crippen molar-refractivity contribution in [1.82, 2.24) is 0 Å². The number of amides is 1. The number of nitrogens with one attached hydrogen (secondary N) is 1. The standard InChI is InChI=1S/C14H8FNO2S/c15-9-1-2-12-10(5-9)11(14(18)16-12)6-13(17)8-3-4-19-7-8/h1-7H,(H,16,18)/b11-6-. The lowest BCUT2D eigenvalue weighted by molar-refractivity contribution is -0.110. The van der Waals surface area contributed by atoms with Crippen molar-refractivity contribution in [3.05, 3.63) is 58.0 Å². The molecule has 2 aromatic rings. The highest BCUT2D eigenvalue weighted by atomic mass is 32.1. The molecule has 3 nitrogen and oxygen atoms in total. The highest BCUT2D eigenvalue weighted by Gasteiger charge is 2.25. The van der Waals surface area contributed by atoms with Gasteiger partial charge in [0.1, 0.15) is 5.82 Å². The molecule has 5 heteroatoms. The Morgan fingerprint density at radius 3 is 2.89 bits per heavy atom.